The van der Waals surface area contributed by atoms with Crippen LogP contribution in [0.3, 0.4) is 0 Å². The van der Waals surface area contributed by atoms with E-state index < -0.39 is 16.8 Å². The summed E-state index contributed by atoms with van der Waals surface area (Å²) in [6.07, 6.45) is 1.79. The van der Waals surface area contributed by atoms with E-state index in [2.05, 4.69) is 4.90 Å². The van der Waals surface area contributed by atoms with Gasteiger partial charge in [0.2, 0.25) is 0 Å². The van der Waals surface area contributed by atoms with Gasteiger partial charge in [-0.25, -0.2) is 0 Å². The molecule has 2 atom stereocenters. The summed E-state index contributed by atoms with van der Waals surface area (Å²) in [6, 6.07) is 0.213. The topological polar surface area (TPSA) is 57.6 Å². The first-order chi connectivity index (χ1) is 6.68. The van der Waals surface area contributed by atoms with Gasteiger partial charge in [0, 0.05) is 41.4 Å². The summed E-state index contributed by atoms with van der Waals surface area (Å²) in [5.74, 6) is 0.570. The van der Waals surface area contributed by atoms with Crippen molar-refractivity contribution in [1.29, 1.82) is 0 Å². The molecule has 4 nitrogen and oxygen atoms in total. The van der Waals surface area contributed by atoms with Crippen molar-refractivity contribution in [3.8, 4) is 0 Å². The molecule has 80 valence electrons. The maximum absolute atomic E-state index is 11.1. The number of rotatable bonds is 2. The van der Waals surface area contributed by atoms with Gasteiger partial charge in [-0.1, -0.05) is 0 Å². The van der Waals surface area contributed by atoms with Crippen molar-refractivity contribution in [3.05, 3.63) is 0 Å². The summed E-state index contributed by atoms with van der Waals surface area (Å²) < 4.78 is 11.1. The molecule has 0 aromatic heterocycles. The van der Waals surface area contributed by atoms with Crippen molar-refractivity contribution in [2.45, 2.75) is 18.9 Å². The fourth-order valence-electron chi connectivity index (χ4n) is 2.19. The Morgan fingerprint density at radius 1 is 1.29 bits per heavy atom. The number of hydrogen-bond donors (Lipinski definition) is 1. The van der Waals surface area contributed by atoms with E-state index in [1.807, 2.05) is 0 Å². The molecular formula is C9H15NO3S. The van der Waals surface area contributed by atoms with Crippen LogP contribution in [-0.2, 0) is 15.6 Å². The van der Waals surface area contributed by atoms with Crippen molar-refractivity contribution in [3.63, 3.8) is 0 Å². The summed E-state index contributed by atoms with van der Waals surface area (Å²) >= 11 is 0. The summed E-state index contributed by atoms with van der Waals surface area (Å²) in [5.41, 5.74) is 0. The van der Waals surface area contributed by atoms with Gasteiger partial charge in [-0.2, -0.15) is 0 Å². The maximum atomic E-state index is 11.1. The Balaban J connectivity index is 1.90. The lowest BCUT2D eigenvalue weighted by Gasteiger charge is -2.43. The van der Waals surface area contributed by atoms with Crippen molar-refractivity contribution >= 4 is 16.8 Å². The Labute approximate surface area is 85.7 Å². The van der Waals surface area contributed by atoms with Crippen LogP contribution >= 0.6 is 0 Å². The zero-order valence-electron chi connectivity index (χ0n) is 8.02. The smallest absolute Gasteiger partial charge is 0.308 e. The molecule has 1 aliphatic carbocycles. The van der Waals surface area contributed by atoms with E-state index in [0.717, 1.165) is 25.9 Å². The monoisotopic (exact) mass is 217 g/mol. The summed E-state index contributed by atoms with van der Waals surface area (Å²) in [7, 11) is -0.666. The SMILES string of the molecule is O=C(O)C1CCC1N1CCS(=O)CC1. The van der Waals surface area contributed by atoms with Crippen LogP contribution in [-0.4, -0.2) is 50.8 Å². The Bertz CT molecular complexity index is 259. The molecule has 1 heterocycles. The normalized spacial score (nSPS) is 35.1. The molecule has 2 fully saturated rings. The zero-order valence-corrected chi connectivity index (χ0v) is 8.83. The molecule has 2 unspecified atom stereocenters. The third-order valence-electron chi connectivity index (χ3n) is 3.24. The Kier molecular flexibility index (Phi) is 2.88. The number of carboxylic acids is 1. The third-order valence-corrected chi connectivity index (χ3v) is 4.51. The average molecular weight is 217 g/mol. The van der Waals surface area contributed by atoms with Gasteiger partial charge in [-0.05, 0) is 12.8 Å². The minimum Gasteiger partial charge on any atom is -0.481 e. The van der Waals surface area contributed by atoms with Crippen LogP contribution < -0.4 is 0 Å². The van der Waals surface area contributed by atoms with Gasteiger partial charge in [0.15, 0.2) is 0 Å². The summed E-state index contributed by atoms with van der Waals surface area (Å²) in [5, 5.41) is 8.90. The van der Waals surface area contributed by atoms with Crippen LogP contribution in [0.5, 0.6) is 0 Å². The second-order valence-corrected chi connectivity index (χ2v) is 5.67. The van der Waals surface area contributed by atoms with E-state index in [0.29, 0.717) is 11.5 Å². The van der Waals surface area contributed by atoms with Gasteiger partial charge >= 0.3 is 5.97 Å². The molecule has 1 saturated heterocycles. The first kappa shape index (κ1) is 10.1. The molecule has 1 N–H and O–H groups in total. The van der Waals surface area contributed by atoms with E-state index in [9.17, 15) is 9.00 Å². The minimum absolute atomic E-state index is 0.179. The van der Waals surface area contributed by atoms with Gasteiger partial charge in [-0.3, -0.25) is 13.9 Å². The molecule has 0 aromatic carbocycles. The first-order valence-electron chi connectivity index (χ1n) is 5.00. The van der Waals surface area contributed by atoms with Gasteiger partial charge in [0.1, 0.15) is 0 Å². The van der Waals surface area contributed by atoms with Crippen LogP contribution in [0.2, 0.25) is 0 Å². The van der Waals surface area contributed by atoms with Crippen molar-refractivity contribution in [1.82, 2.24) is 4.90 Å². The molecule has 0 aromatic rings. The quantitative estimate of drug-likeness (QED) is 0.702. The fraction of sp³-hybridized carbons (Fsp3) is 0.889. The summed E-state index contributed by atoms with van der Waals surface area (Å²) in [4.78, 5) is 13.0. The van der Waals surface area contributed by atoms with Crippen molar-refractivity contribution < 1.29 is 14.1 Å². The van der Waals surface area contributed by atoms with Gasteiger partial charge in [0.25, 0.3) is 0 Å². The van der Waals surface area contributed by atoms with E-state index >= 15 is 0 Å². The highest BCUT2D eigenvalue weighted by Gasteiger charge is 2.40. The number of hydrogen-bond acceptors (Lipinski definition) is 3. The van der Waals surface area contributed by atoms with Crippen LogP contribution in [0.4, 0.5) is 0 Å². The van der Waals surface area contributed by atoms with Crippen LogP contribution in [0, 0.1) is 5.92 Å². The third kappa shape index (κ3) is 1.83. The average Bonchev–Trinajstić information content (AvgIpc) is 2.05. The molecule has 2 rings (SSSR count). The Hall–Kier alpha value is -0.420. The predicted octanol–water partition coefficient (Wildman–Crippen LogP) is -0.0861. The van der Waals surface area contributed by atoms with Crippen molar-refractivity contribution in [2.75, 3.05) is 24.6 Å². The molecule has 5 heteroatoms. The maximum Gasteiger partial charge on any atom is 0.308 e. The Morgan fingerprint density at radius 3 is 2.36 bits per heavy atom. The molecule has 1 aliphatic heterocycles. The van der Waals surface area contributed by atoms with E-state index in [1.165, 1.54) is 0 Å². The highest BCUT2D eigenvalue weighted by molar-refractivity contribution is 7.85. The molecular weight excluding hydrogens is 202 g/mol. The van der Waals surface area contributed by atoms with Gasteiger partial charge < -0.3 is 5.11 Å². The molecule has 2 aliphatic rings. The van der Waals surface area contributed by atoms with Crippen LogP contribution in [0.25, 0.3) is 0 Å². The molecule has 14 heavy (non-hydrogen) atoms. The predicted molar refractivity (Wildman–Crippen MR) is 53.6 cm³/mol. The van der Waals surface area contributed by atoms with E-state index in [-0.39, 0.29) is 12.0 Å². The second kappa shape index (κ2) is 3.98. The number of carbonyl (C=O) groups is 1. The molecule has 0 radical (unpaired) electrons. The molecule has 0 amide bonds. The standard InChI is InChI=1S/C9H15NO3S/c11-9(12)7-1-2-8(7)10-3-5-14(13)6-4-10/h7-8H,1-6H2,(H,11,12). The highest BCUT2D eigenvalue weighted by Crippen LogP contribution is 2.32. The Morgan fingerprint density at radius 2 is 1.93 bits per heavy atom. The number of nitrogens with zero attached hydrogens (tertiary/aromatic N) is 1. The van der Waals surface area contributed by atoms with Crippen LogP contribution in [0.15, 0.2) is 0 Å². The summed E-state index contributed by atoms with van der Waals surface area (Å²) in [6.45, 7) is 1.61. The van der Waals surface area contributed by atoms with E-state index in [4.69, 9.17) is 5.11 Å². The fourth-order valence-corrected chi connectivity index (χ4v) is 3.27. The largest absolute Gasteiger partial charge is 0.481 e. The molecule has 1 saturated carbocycles. The van der Waals surface area contributed by atoms with E-state index in [1.54, 1.807) is 0 Å². The lowest BCUT2D eigenvalue weighted by Crippen LogP contribution is -2.54. The first-order valence-corrected chi connectivity index (χ1v) is 6.49. The number of aliphatic carboxylic acids is 1. The minimum atomic E-state index is -0.673. The molecule has 0 spiro atoms. The lowest BCUT2D eigenvalue weighted by atomic mass is 9.78. The van der Waals surface area contributed by atoms with Gasteiger partial charge in [0.05, 0.1) is 5.92 Å². The highest BCUT2D eigenvalue weighted by atomic mass is 32.2. The lowest BCUT2D eigenvalue weighted by molar-refractivity contribution is -0.148. The second-order valence-electron chi connectivity index (χ2n) is 3.97. The van der Waals surface area contributed by atoms with Crippen molar-refractivity contribution in [2.24, 2.45) is 5.92 Å². The zero-order chi connectivity index (χ0) is 10.1. The van der Waals surface area contributed by atoms with Gasteiger partial charge in [-0.15, -0.1) is 0 Å². The number of carboxylic acid groups (broad SMARTS) is 1. The molecule has 0 bridgehead atoms. The van der Waals surface area contributed by atoms with Crippen LogP contribution in [0.1, 0.15) is 12.8 Å².